The van der Waals surface area contributed by atoms with Gasteiger partial charge in [0.25, 0.3) is 0 Å². The highest BCUT2D eigenvalue weighted by Crippen LogP contribution is 2.30. The van der Waals surface area contributed by atoms with Gasteiger partial charge in [-0.1, -0.05) is 48.0 Å². The molecule has 0 bridgehead atoms. The van der Waals surface area contributed by atoms with Crippen molar-refractivity contribution in [1.29, 1.82) is 5.26 Å². The molecule has 1 atom stereocenters. The second-order valence-electron chi connectivity index (χ2n) is 6.83. The predicted molar refractivity (Wildman–Crippen MR) is 116 cm³/mol. The molecule has 0 fully saturated rings. The third-order valence-corrected chi connectivity index (χ3v) is 5.39. The quantitative estimate of drug-likeness (QED) is 0.427. The zero-order chi connectivity index (χ0) is 22.1. The van der Waals surface area contributed by atoms with E-state index in [1.165, 1.54) is 11.8 Å². The Morgan fingerprint density at radius 1 is 1.23 bits per heavy atom. The number of nitrogens with zero attached hydrogens (tertiary/aromatic N) is 1. The zero-order valence-corrected chi connectivity index (χ0v) is 18.2. The average molecular weight is 428 g/mol. The van der Waals surface area contributed by atoms with E-state index in [0.29, 0.717) is 42.6 Å². The molecule has 0 aliphatic heterocycles. The van der Waals surface area contributed by atoms with E-state index in [0.717, 1.165) is 5.56 Å². The number of hydrogen-bond donors (Lipinski definition) is 0. The van der Waals surface area contributed by atoms with Gasteiger partial charge in [-0.15, -0.1) is 0 Å². The first-order valence-corrected chi connectivity index (χ1v) is 11.0. The molecule has 1 aromatic carbocycles. The molecule has 0 aliphatic carbocycles. The summed E-state index contributed by atoms with van der Waals surface area (Å²) in [5.41, 5.74) is 1.07. The van der Waals surface area contributed by atoms with Gasteiger partial charge in [0.05, 0.1) is 12.5 Å². The SMILES string of the molecule is CCOC(=O)C(CCCCC(=O)SC)c1cc(-c2ccc(C)cc2)oc(=O)c1C#N. The number of aryl methyl sites for hydroxylation is 1. The van der Waals surface area contributed by atoms with E-state index in [1.807, 2.05) is 37.3 Å². The zero-order valence-electron chi connectivity index (χ0n) is 17.4. The molecule has 1 heterocycles. The molecule has 0 spiro atoms. The molecule has 0 radical (unpaired) electrons. The van der Waals surface area contributed by atoms with E-state index in [1.54, 1.807) is 19.2 Å². The number of carbonyl (C=O) groups excluding carboxylic acids is 2. The lowest BCUT2D eigenvalue weighted by molar-refractivity contribution is -0.145. The van der Waals surface area contributed by atoms with E-state index >= 15 is 0 Å². The maximum atomic E-state index is 12.7. The average Bonchev–Trinajstić information content (AvgIpc) is 2.73. The Morgan fingerprint density at radius 3 is 2.53 bits per heavy atom. The van der Waals surface area contributed by atoms with Crippen molar-refractivity contribution in [2.75, 3.05) is 12.9 Å². The molecule has 6 nitrogen and oxygen atoms in total. The molecular formula is C23H25NO5S. The van der Waals surface area contributed by atoms with E-state index in [4.69, 9.17) is 9.15 Å². The summed E-state index contributed by atoms with van der Waals surface area (Å²) in [6.07, 6.45) is 3.71. The summed E-state index contributed by atoms with van der Waals surface area (Å²) in [5.74, 6) is -0.983. The minimum absolute atomic E-state index is 0.0856. The van der Waals surface area contributed by atoms with Gasteiger partial charge in [-0.05, 0) is 44.6 Å². The molecule has 0 saturated heterocycles. The van der Waals surface area contributed by atoms with Gasteiger partial charge < -0.3 is 9.15 Å². The summed E-state index contributed by atoms with van der Waals surface area (Å²) < 4.78 is 10.6. The summed E-state index contributed by atoms with van der Waals surface area (Å²) in [7, 11) is 0. The first-order chi connectivity index (χ1) is 14.4. The van der Waals surface area contributed by atoms with E-state index in [-0.39, 0.29) is 17.3 Å². The number of carbonyl (C=O) groups is 2. The van der Waals surface area contributed by atoms with E-state index < -0.39 is 17.5 Å². The topological polar surface area (TPSA) is 97.4 Å². The molecule has 0 aliphatic rings. The number of nitriles is 1. The van der Waals surface area contributed by atoms with Crippen LogP contribution in [0.1, 0.15) is 55.2 Å². The largest absolute Gasteiger partial charge is 0.466 e. The number of ether oxygens (including phenoxy) is 1. The molecule has 1 aromatic heterocycles. The highest BCUT2D eigenvalue weighted by atomic mass is 32.2. The van der Waals surface area contributed by atoms with Crippen LogP contribution in [0.2, 0.25) is 0 Å². The van der Waals surface area contributed by atoms with Gasteiger partial charge in [0.2, 0.25) is 0 Å². The van der Waals surface area contributed by atoms with Crippen molar-refractivity contribution in [3.05, 3.63) is 57.4 Å². The van der Waals surface area contributed by atoms with Crippen molar-refractivity contribution < 1.29 is 18.7 Å². The summed E-state index contributed by atoms with van der Waals surface area (Å²) >= 11 is 1.18. The van der Waals surface area contributed by atoms with Crippen LogP contribution in [0.15, 0.2) is 39.5 Å². The highest BCUT2D eigenvalue weighted by Gasteiger charge is 2.27. The molecule has 158 valence electrons. The summed E-state index contributed by atoms with van der Waals surface area (Å²) in [5, 5.41) is 9.61. The minimum Gasteiger partial charge on any atom is -0.466 e. The van der Waals surface area contributed by atoms with Gasteiger partial charge in [-0.3, -0.25) is 9.59 Å². The fourth-order valence-electron chi connectivity index (χ4n) is 3.12. The van der Waals surface area contributed by atoms with Crippen LogP contribution in [-0.2, 0) is 14.3 Å². The standard InChI is InChI=1S/C23H25NO5S/c1-4-28-22(26)17(7-5-6-8-21(25)30-3)18-13-20(29-23(27)19(18)14-24)16-11-9-15(2)10-12-16/h9-13,17H,4-8H2,1-3H3. The summed E-state index contributed by atoms with van der Waals surface area (Å²) in [6.45, 7) is 3.84. The van der Waals surface area contributed by atoms with Crippen molar-refractivity contribution >= 4 is 22.8 Å². The van der Waals surface area contributed by atoms with E-state index in [2.05, 4.69) is 0 Å². The second kappa shape index (κ2) is 11.4. The number of benzene rings is 1. The summed E-state index contributed by atoms with van der Waals surface area (Å²) in [6, 6.07) is 10.9. The number of hydrogen-bond acceptors (Lipinski definition) is 7. The van der Waals surface area contributed by atoms with Crippen LogP contribution in [0.25, 0.3) is 11.3 Å². The minimum atomic E-state index is -0.780. The van der Waals surface area contributed by atoms with Gasteiger partial charge in [0, 0.05) is 12.0 Å². The molecule has 0 amide bonds. The second-order valence-corrected chi connectivity index (χ2v) is 7.70. The highest BCUT2D eigenvalue weighted by molar-refractivity contribution is 8.13. The predicted octanol–water partition coefficient (Wildman–Crippen LogP) is 4.58. The third kappa shape index (κ3) is 6.07. The fraction of sp³-hybridized carbons (Fsp3) is 0.391. The van der Waals surface area contributed by atoms with Gasteiger partial charge in [-0.25, -0.2) is 4.79 Å². The van der Waals surface area contributed by atoms with Crippen LogP contribution in [0.4, 0.5) is 0 Å². The van der Waals surface area contributed by atoms with E-state index in [9.17, 15) is 19.6 Å². The number of unbranched alkanes of at least 4 members (excludes halogenated alkanes) is 1. The Labute approximate surface area is 180 Å². The van der Waals surface area contributed by atoms with Gasteiger partial charge in [0.1, 0.15) is 17.4 Å². The Bertz CT molecular complexity index is 988. The molecule has 30 heavy (non-hydrogen) atoms. The Morgan fingerprint density at radius 2 is 1.93 bits per heavy atom. The first kappa shape index (κ1) is 23.4. The lowest BCUT2D eigenvalue weighted by Crippen LogP contribution is -2.20. The fourth-order valence-corrected chi connectivity index (χ4v) is 3.47. The third-order valence-electron chi connectivity index (χ3n) is 4.73. The van der Waals surface area contributed by atoms with Crippen molar-refractivity contribution in [2.24, 2.45) is 0 Å². The van der Waals surface area contributed by atoms with Gasteiger partial charge >= 0.3 is 11.6 Å². The van der Waals surface area contributed by atoms with Crippen molar-refractivity contribution in [1.82, 2.24) is 0 Å². The lowest BCUT2D eigenvalue weighted by atomic mass is 9.90. The molecule has 0 N–H and O–H groups in total. The first-order valence-electron chi connectivity index (χ1n) is 9.79. The smallest absolute Gasteiger partial charge is 0.354 e. The number of rotatable bonds is 9. The molecule has 2 rings (SSSR count). The van der Waals surface area contributed by atoms with Crippen molar-refractivity contribution in [3.63, 3.8) is 0 Å². The molecule has 0 saturated carbocycles. The van der Waals surface area contributed by atoms with Crippen LogP contribution in [0.3, 0.4) is 0 Å². The van der Waals surface area contributed by atoms with Crippen LogP contribution >= 0.6 is 11.8 Å². The van der Waals surface area contributed by atoms with Crippen molar-refractivity contribution in [2.45, 2.75) is 45.4 Å². The van der Waals surface area contributed by atoms with Crippen LogP contribution in [-0.4, -0.2) is 23.9 Å². The molecule has 1 unspecified atom stereocenters. The maximum absolute atomic E-state index is 12.7. The van der Waals surface area contributed by atoms with Crippen molar-refractivity contribution in [3.8, 4) is 17.4 Å². The normalized spacial score (nSPS) is 11.5. The Balaban J connectivity index is 2.42. The van der Waals surface area contributed by atoms with Gasteiger partial charge in [0.15, 0.2) is 5.12 Å². The van der Waals surface area contributed by atoms with Crippen LogP contribution in [0, 0.1) is 18.3 Å². The molecular weight excluding hydrogens is 402 g/mol. The monoisotopic (exact) mass is 427 g/mol. The Hall–Kier alpha value is -2.85. The van der Waals surface area contributed by atoms with Gasteiger partial charge in [-0.2, -0.15) is 5.26 Å². The summed E-state index contributed by atoms with van der Waals surface area (Å²) in [4.78, 5) is 36.7. The molecule has 7 heteroatoms. The number of thioether (sulfide) groups is 1. The number of esters is 1. The van der Waals surface area contributed by atoms with Crippen LogP contribution in [0.5, 0.6) is 0 Å². The Kier molecular flexibility index (Phi) is 8.88. The lowest BCUT2D eigenvalue weighted by Gasteiger charge is -2.17. The van der Waals surface area contributed by atoms with Crippen LogP contribution < -0.4 is 5.63 Å². The maximum Gasteiger partial charge on any atom is 0.354 e. The molecule has 2 aromatic rings.